The van der Waals surface area contributed by atoms with Crippen molar-refractivity contribution in [3.8, 4) is 17.2 Å². The summed E-state index contributed by atoms with van der Waals surface area (Å²) in [7, 11) is 1.69. The molecular weight excluding hydrogens is 530 g/mol. The third kappa shape index (κ3) is 5.65. The largest absolute Gasteiger partial charge is 0.497 e. The molecule has 4 heteroatoms. The number of benzene rings is 4. The molecule has 0 saturated carbocycles. The van der Waals surface area contributed by atoms with E-state index in [4.69, 9.17) is 14.2 Å². The molecular formula is C39H45NO3. The Kier molecular flexibility index (Phi) is 8.24. The van der Waals surface area contributed by atoms with Crippen molar-refractivity contribution >= 4 is 0 Å². The van der Waals surface area contributed by atoms with E-state index in [0.717, 1.165) is 60.9 Å². The molecule has 1 atom stereocenters. The van der Waals surface area contributed by atoms with Gasteiger partial charge in [0.2, 0.25) is 0 Å². The summed E-state index contributed by atoms with van der Waals surface area (Å²) < 4.78 is 19.2. The molecule has 1 unspecified atom stereocenters. The third-order valence-corrected chi connectivity index (χ3v) is 9.78. The van der Waals surface area contributed by atoms with Crippen LogP contribution in [0.3, 0.4) is 0 Å². The number of methoxy groups -OCH3 is 1. The van der Waals surface area contributed by atoms with E-state index in [1.807, 2.05) is 12.1 Å². The molecule has 0 amide bonds. The van der Waals surface area contributed by atoms with Crippen molar-refractivity contribution in [2.24, 2.45) is 0 Å². The molecule has 0 radical (unpaired) electrons. The quantitative estimate of drug-likeness (QED) is 0.210. The molecule has 0 aromatic heterocycles. The van der Waals surface area contributed by atoms with Crippen LogP contribution < -0.4 is 14.2 Å². The molecule has 4 aromatic carbocycles. The summed E-state index contributed by atoms with van der Waals surface area (Å²) in [5.41, 5.74) is 9.80. The van der Waals surface area contributed by atoms with E-state index in [9.17, 15) is 0 Å². The number of ether oxygens (including phenoxy) is 3. The van der Waals surface area contributed by atoms with E-state index >= 15 is 0 Å². The summed E-state index contributed by atoms with van der Waals surface area (Å²) in [6.07, 6.45) is 1.98. The van der Waals surface area contributed by atoms with Crippen molar-refractivity contribution in [3.05, 3.63) is 123 Å². The van der Waals surface area contributed by atoms with Crippen molar-refractivity contribution in [3.63, 3.8) is 0 Å². The maximum Gasteiger partial charge on any atom is 0.127 e. The second-order valence-electron chi connectivity index (χ2n) is 12.8. The van der Waals surface area contributed by atoms with Crippen LogP contribution in [-0.4, -0.2) is 30.7 Å². The molecule has 4 aromatic rings. The summed E-state index contributed by atoms with van der Waals surface area (Å²) >= 11 is 0. The highest BCUT2D eigenvalue weighted by atomic mass is 16.5. The van der Waals surface area contributed by atoms with Gasteiger partial charge in [0.05, 0.1) is 13.0 Å². The van der Waals surface area contributed by atoms with Gasteiger partial charge in [0, 0.05) is 38.0 Å². The summed E-state index contributed by atoms with van der Waals surface area (Å²) in [5.74, 6) is 3.57. The molecule has 0 N–H and O–H groups in total. The van der Waals surface area contributed by atoms with Gasteiger partial charge in [-0.15, -0.1) is 0 Å². The van der Waals surface area contributed by atoms with Crippen molar-refractivity contribution in [1.82, 2.24) is 4.90 Å². The van der Waals surface area contributed by atoms with Gasteiger partial charge in [-0.1, -0.05) is 80.6 Å². The molecule has 4 nitrogen and oxygen atoms in total. The number of hydrogen-bond acceptors (Lipinski definition) is 4. The average Bonchev–Trinajstić information content (AvgIpc) is 3.36. The van der Waals surface area contributed by atoms with Crippen LogP contribution in [0.2, 0.25) is 0 Å². The van der Waals surface area contributed by atoms with E-state index in [1.165, 1.54) is 33.4 Å². The second kappa shape index (κ2) is 12.1. The van der Waals surface area contributed by atoms with Crippen molar-refractivity contribution in [2.45, 2.75) is 78.0 Å². The van der Waals surface area contributed by atoms with Crippen LogP contribution in [0.15, 0.2) is 78.9 Å². The zero-order chi connectivity index (χ0) is 30.1. The van der Waals surface area contributed by atoms with Gasteiger partial charge in [-0.3, -0.25) is 4.90 Å². The van der Waals surface area contributed by atoms with Gasteiger partial charge in [0.25, 0.3) is 0 Å². The van der Waals surface area contributed by atoms with Crippen molar-refractivity contribution in [1.29, 1.82) is 0 Å². The first-order valence-corrected chi connectivity index (χ1v) is 15.7. The lowest BCUT2D eigenvalue weighted by Crippen LogP contribution is -2.49. The van der Waals surface area contributed by atoms with E-state index in [0.29, 0.717) is 12.5 Å². The van der Waals surface area contributed by atoms with Crippen LogP contribution in [0.4, 0.5) is 0 Å². The van der Waals surface area contributed by atoms with Crippen LogP contribution in [0, 0.1) is 20.8 Å². The molecule has 2 aliphatic rings. The summed E-state index contributed by atoms with van der Waals surface area (Å²) in [5, 5.41) is 0. The predicted molar refractivity (Wildman–Crippen MR) is 175 cm³/mol. The number of piperidine rings is 1. The Hall–Kier alpha value is -3.76. The summed E-state index contributed by atoms with van der Waals surface area (Å²) in [4.78, 5) is 2.58. The zero-order valence-corrected chi connectivity index (χ0v) is 26.6. The van der Waals surface area contributed by atoms with Crippen molar-refractivity contribution in [2.75, 3.05) is 20.2 Å². The average molecular weight is 576 g/mol. The van der Waals surface area contributed by atoms with Crippen LogP contribution in [0.5, 0.6) is 17.2 Å². The fourth-order valence-corrected chi connectivity index (χ4v) is 7.08. The van der Waals surface area contributed by atoms with E-state index < -0.39 is 0 Å². The summed E-state index contributed by atoms with van der Waals surface area (Å²) in [6, 6.07) is 28.3. The molecule has 2 aliphatic heterocycles. The first-order valence-electron chi connectivity index (χ1n) is 15.7. The molecule has 224 valence electrons. The van der Waals surface area contributed by atoms with E-state index in [2.05, 4.69) is 106 Å². The number of fused-ring (bicyclic) bond motifs is 1. The predicted octanol–water partition coefficient (Wildman–Crippen LogP) is 8.88. The monoisotopic (exact) mass is 575 g/mol. The van der Waals surface area contributed by atoms with Gasteiger partial charge in [-0.25, -0.2) is 0 Å². The number of likely N-dealkylation sites (tertiary alicyclic amines) is 1. The highest BCUT2D eigenvalue weighted by Gasteiger charge is 2.52. The minimum absolute atomic E-state index is 0.158. The SMILES string of the molecule is COc1ccc(COc2c(C)c(C)c3c(c2C)C(c2ccc(C(C)C)cc2)C2(CCN(Cc4ccccc4)CC2)O3)cc1. The standard InChI is InChI=1S/C39H45NO3/c1-26(2)32-14-16-33(17-15-32)36-35-29(5)37(42-25-31-12-18-34(41-6)19-13-31)27(3)28(4)38(35)43-39(36)20-22-40(23-21-39)24-30-10-8-7-9-11-30/h7-19,26,36H,20-25H2,1-6H3. The Morgan fingerprint density at radius 2 is 1.49 bits per heavy atom. The van der Waals surface area contributed by atoms with Crippen LogP contribution in [0.25, 0.3) is 0 Å². The molecule has 1 fully saturated rings. The Morgan fingerprint density at radius 3 is 2.12 bits per heavy atom. The number of nitrogens with zero attached hydrogens (tertiary/aromatic N) is 1. The van der Waals surface area contributed by atoms with Crippen LogP contribution in [0.1, 0.15) is 83.0 Å². The lowest BCUT2D eigenvalue weighted by atomic mass is 9.72. The van der Waals surface area contributed by atoms with E-state index in [-0.39, 0.29) is 11.5 Å². The fourth-order valence-electron chi connectivity index (χ4n) is 7.08. The lowest BCUT2D eigenvalue weighted by Gasteiger charge is -2.42. The molecule has 2 heterocycles. The van der Waals surface area contributed by atoms with E-state index in [1.54, 1.807) is 7.11 Å². The topological polar surface area (TPSA) is 30.9 Å². The first kappa shape index (κ1) is 29.3. The second-order valence-corrected chi connectivity index (χ2v) is 12.8. The smallest absolute Gasteiger partial charge is 0.127 e. The lowest BCUT2D eigenvalue weighted by molar-refractivity contribution is 0.00530. The Morgan fingerprint density at radius 1 is 0.814 bits per heavy atom. The zero-order valence-electron chi connectivity index (χ0n) is 26.6. The molecule has 1 spiro atoms. The maximum absolute atomic E-state index is 7.22. The first-order chi connectivity index (χ1) is 20.8. The van der Waals surface area contributed by atoms with Gasteiger partial charge in [-0.2, -0.15) is 0 Å². The minimum atomic E-state index is -0.272. The van der Waals surface area contributed by atoms with Crippen LogP contribution in [-0.2, 0) is 13.2 Å². The molecule has 0 aliphatic carbocycles. The Labute approximate surface area is 257 Å². The number of hydrogen-bond donors (Lipinski definition) is 0. The Bertz CT molecular complexity index is 1550. The summed E-state index contributed by atoms with van der Waals surface area (Å²) in [6.45, 7) is 14.7. The highest BCUT2D eigenvalue weighted by Crippen LogP contribution is 2.57. The third-order valence-electron chi connectivity index (χ3n) is 9.78. The molecule has 6 rings (SSSR count). The van der Waals surface area contributed by atoms with Gasteiger partial charge in [0.15, 0.2) is 0 Å². The number of rotatable bonds is 8. The molecule has 0 bridgehead atoms. The van der Waals surface area contributed by atoms with Gasteiger partial charge < -0.3 is 14.2 Å². The highest BCUT2D eigenvalue weighted by molar-refractivity contribution is 5.64. The van der Waals surface area contributed by atoms with Gasteiger partial charge in [-0.05, 0) is 77.8 Å². The molecule has 43 heavy (non-hydrogen) atoms. The molecule has 1 saturated heterocycles. The fraction of sp³-hybridized carbons (Fsp3) is 0.385. The van der Waals surface area contributed by atoms with Gasteiger partial charge >= 0.3 is 0 Å². The minimum Gasteiger partial charge on any atom is -0.497 e. The Balaban J connectivity index is 1.35. The van der Waals surface area contributed by atoms with Crippen molar-refractivity contribution < 1.29 is 14.2 Å². The van der Waals surface area contributed by atoms with Gasteiger partial charge in [0.1, 0.15) is 29.5 Å². The maximum atomic E-state index is 7.22. The van der Waals surface area contributed by atoms with Crippen LogP contribution >= 0.6 is 0 Å². The normalized spacial score (nSPS) is 17.6.